The van der Waals surface area contributed by atoms with Gasteiger partial charge in [0.25, 0.3) is 5.56 Å². The smallest absolute Gasteiger partial charge is 0.332 e. The molecule has 1 N–H and O–H groups in total. The second-order valence-electron chi connectivity index (χ2n) is 7.56. The van der Waals surface area contributed by atoms with E-state index in [9.17, 15) is 14.4 Å². The van der Waals surface area contributed by atoms with Crippen molar-refractivity contribution < 1.29 is 4.79 Å². The Morgan fingerprint density at radius 3 is 2.58 bits per heavy atom. The van der Waals surface area contributed by atoms with Crippen LogP contribution in [-0.2, 0) is 18.4 Å². The van der Waals surface area contributed by atoms with E-state index in [1.165, 1.54) is 32.4 Å². The predicted octanol–water partition coefficient (Wildman–Crippen LogP) is 1.23. The van der Waals surface area contributed by atoms with Gasteiger partial charge in [0.1, 0.15) is 5.82 Å². The van der Waals surface area contributed by atoms with E-state index >= 15 is 0 Å². The Kier molecular flexibility index (Phi) is 5.84. The quantitative estimate of drug-likeness (QED) is 0.874. The van der Waals surface area contributed by atoms with Crippen LogP contribution >= 0.6 is 0 Å². The van der Waals surface area contributed by atoms with Gasteiger partial charge in [-0.2, -0.15) is 0 Å². The SMILES string of the molecule is CCn1c(N2CCCC(C(=O)NC3CCCCC3)C2)cc(=O)n(C)c1=O. The van der Waals surface area contributed by atoms with Crippen molar-refractivity contribution >= 4 is 11.7 Å². The van der Waals surface area contributed by atoms with Gasteiger partial charge in [0, 0.05) is 38.8 Å². The molecule has 0 radical (unpaired) electrons. The second-order valence-corrected chi connectivity index (χ2v) is 7.56. The molecule has 0 aromatic carbocycles. The van der Waals surface area contributed by atoms with Gasteiger partial charge in [0.2, 0.25) is 5.91 Å². The average molecular weight is 362 g/mol. The highest BCUT2D eigenvalue weighted by Gasteiger charge is 2.29. The Labute approximate surface area is 154 Å². The molecule has 144 valence electrons. The van der Waals surface area contributed by atoms with E-state index in [1.54, 1.807) is 4.57 Å². The van der Waals surface area contributed by atoms with Gasteiger partial charge in [-0.15, -0.1) is 0 Å². The summed E-state index contributed by atoms with van der Waals surface area (Å²) in [6, 6.07) is 1.83. The van der Waals surface area contributed by atoms with Crippen molar-refractivity contribution in [2.75, 3.05) is 18.0 Å². The molecule has 2 heterocycles. The van der Waals surface area contributed by atoms with Gasteiger partial charge in [-0.3, -0.25) is 18.7 Å². The molecule has 0 bridgehead atoms. The normalized spacial score (nSPS) is 21.6. The Morgan fingerprint density at radius 1 is 1.15 bits per heavy atom. The summed E-state index contributed by atoms with van der Waals surface area (Å²) >= 11 is 0. The number of amides is 1. The minimum absolute atomic E-state index is 0.0878. The van der Waals surface area contributed by atoms with Crippen molar-refractivity contribution in [2.24, 2.45) is 13.0 Å². The number of aromatic nitrogens is 2. The highest BCUT2D eigenvalue weighted by Crippen LogP contribution is 2.23. The number of rotatable bonds is 4. The van der Waals surface area contributed by atoms with E-state index in [0.717, 1.165) is 36.8 Å². The van der Waals surface area contributed by atoms with Crippen LogP contribution in [0.1, 0.15) is 51.9 Å². The molecule has 1 aromatic heterocycles. The van der Waals surface area contributed by atoms with Gasteiger partial charge in [0.05, 0.1) is 5.92 Å². The summed E-state index contributed by atoms with van der Waals surface area (Å²) in [4.78, 5) is 39.2. The van der Waals surface area contributed by atoms with Crippen molar-refractivity contribution in [3.05, 3.63) is 26.9 Å². The third-order valence-electron chi connectivity index (χ3n) is 5.76. The summed E-state index contributed by atoms with van der Waals surface area (Å²) < 4.78 is 2.74. The van der Waals surface area contributed by atoms with Gasteiger partial charge < -0.3 is 10.2 Å². The molecule has 1 unspecified atom stereocenters. The molecule has 1 saturated carbocycles. The number of carbonyl (C=O) groups is 1. The number of hydrogen-bond acceptors (Lipinski definition) is 4. The molecule has 1 saturated heterocycles. The number of hydrogen-bond donors (Lipinski definition) is 1. The molecule has 7 nitrogen and oxygen atoms in total. The molecule has 2 fully saturated rings. The number of piperidine rings is 1. The van der Waals surface area contributed by atoms with E-state index in [2.05, 4.69) is 5.32 Å². The van der Waals surface area contributed by atoms with Crippen molar-refractivity contribution in [1.29, 1.82) is 0 Å². The monoisotopic (exact) mass is 362 g/mol. The van der Waals surface area contributed by atoms with Crippen molar-refractivity contribution in [3.8, 4) is 0 Å². The Bertz CT molecular complexity index is 761. The lowest BCUT2D eigenvalue weighted by Gasteiger charge is -2.35. The summed E-state index contributed by atoms with van der Waals surface area (Å²) in [7, 11) is 1.50. The predicted molar refractivity (Wildman–Crippen MR) is 102 cm³/mol. The molecule has 26 heavy (non-hydrogen) atoms. The Balaban J connectivity index is 1.75. The summed E-state index contributed by atoms with van der Waals surface area (Å²) in [6.45, 7) is 3.72. The minimum Gasteiger partial charge on any atom is -0.357 e. The van der Waals surface area contributed by atoms with E-state index < -0.39 is 0 Å². The zero-order chi connectivity index (χ0) is 18.7. The third kappa shape index (κ3) is 3.86. The molecule has 1 amide bonds. The van der Waals surface area contributed by atoms with Gasteiger partial charge in [-0.05, 0) is 32.6 Å². The highest BCUT2D eigenvalue weighted by molar-refractivity contribution is 5.79. The van der Waals surface area contributed by atoms with Gasteiger partial charge in [-0.25, -0.2) is 4.79 Å². The fraction of sp³-hybridized carbons (Fsp3) is 0.737. The fourth-order valence-electron chi connectivity index (χ4n) is 4.18. The first-order valence-corrected chi connectivity index (χ1v) is 9.87. The molecule has 2 aliphatic rings. The van der Waals surface area contributed by atoms with Crippen molar-refractivity contribution in [2.45, 2.75) is 64.5 Å². The van der Waals surface area contributed by atoms with Crippen LogP contribution in [0.5, 0.6) is 0 Å². The van der Waals surface area contributed by atoms with Crippen LogP contribution in [0.4, 0.5) is 5.82 Å². The van der Waals surface area contributed by atoms with Gasteiger partial charge in [0.15, 0.2) is 0 Å². The lowest BCUT2D eigenvalue weighted by molar-refractivity contribution is -0.126. The number of carbonyl (C=O) groups excluding carboxylic acids is 1. The Morgan fingerprint density at radius 2 is 1.88 bits per heavy atom. The maximum atomic E-state index is 12.7. The highest BCUT2D eigenvalue weighted by atomic mass is 16.2. The topological polar surface area (TPSA) is 76.3 Å². The zero-order valence-corrected chi connectivity index (χ0v) is 15.9. The van der Waals surface area contributed by atoms with Crippen molar-refractivity contribution in [3.63, 3.8) is 0 Å². The van der Waals surface area contributed by atoms with Crippen LogP contribution in [-0.4, -0.2) is 34.2 Å². The molecule has 7 heteroatoms. The third-order valence-corrected chi connectivity index (χ3v) is 5.76. The Hall–Kier alpha value is -2.05. The number of nitrogens with one attached hydrogen (secondary N) is 1. The maximum absolute atomic E-state index is 12.7. The summed E-state index contributed by atoms with van der Waals surface area (Å²) in [5.41, 5.74) is -0.604. The fourth-order valence-corrected chi connectivity index (χ4v) is 4.18. The maximum Gasteiger partial charge on any atom is 0.332 e. The number of anilines is 1. The van der Waals surface area contributed by atoms with Crippen LogP contribution in [0.25, 0.3) is 0 Å². The summed E-state index contributed by atoms with van der Waals surface area (Å²) in [5.74, 6) is 0.668. The molecule has 1 atom stereocenters. The van der Waals surface area contributed by atoms with Crippen LogP contribution in [0.3, 0.4) is 0 Å². The molecular formula is C19H30N4O3. The molecule has 1 aliphatic carbocycles. The van der Waals surface area contributed by atoms with Gasteiger partial charge in [-0.1, -0.05) is 19.3 Å². The zero-order valence-electron chi connectivity index (χ0n) is 15.9. The first-order chi connectivity index (χ1) is 12.5. The van der Waals surface area contributed by atoms with Crippen LogP contribution in [0.2, 0.25) is 0 Å². The first-order valence-electron chi connectivity index (χ1n) is 9.87. The molecular weight excluding hydrogens is 332 g/mol. The van der Waals surface area contributed by atoms with E-state index in [0.29, 0.717) is 24.9 Å². The summed E-state index contributed by atoms with van der Waals surface area (Å²) in [6.07, 6.45) is 7.54. The lowest BCUT2D eigenvalue weighted by atomic mass is 9.93. The molecule has 0 spiro atoms. The van der Waals surface area contributed by atoms with Gasteiger partial charge >= 0.3 is 5.69 Å². The van der Waals surface area contributed by atoms with Crippen molar-refractivity contribution in [1.82, 2.24) is 14.5 Å². The minimum atomic E-state index is -0.302. The van der Waals surface area contributed by atoms with E-state index in [1.807, 2.05) is 11.8 Å². The standard InChI is InChI=1S/C19H30N4O3/c1-3-23-16(12-17(24)21(2)19(23)26)22-11-7-8-14(13-22)18(25)20-15-9-5-4-6-10-15/h12,14-15H,3-11,13H2,1-2H3,(H,20,25). The second kappa shape index (κ2) is 8.10. The molecule has 3 rings (SSSR count). The van der Waals surface area contributed by atoms with E-state index in [4.69, 9.17) is 0 Å². The molecule has 1 aliphatic heterocycles. The van der Waals surface area contributed by atoms with Crippen LogP contribution in [0, 0.1) is 5.92 Å². The lowest BCUT2D eigenvalue weighted by Crippen LogP contribution is -2.48. The van der Waals surface area contributed by atoms with Crippen LogP contribution in [0.15, 0.2) is 15.7 Å². The largest absolute Gasteiger partial charge is 0.357 e. The number of nitrogens with zero attached hydrogens (tertiary/aromatic N) is 3. The molecule has 1 aromatic rings. The summed E-state index contributed by atoms with van der Waals surface area (Å²) in [5, 5.41) is 3.22. The van der Waals surface area contributed by atoms with E-state index in [-0.39, 0.29) is 23.1 Å². The van der Waals surface area contributed by atoms with Crippen LogP contribution < -0.4 is 21.5 Å². The average Bonchev–Trinajstić information content (AvgIpc) is 2.67. The first kappa shape index (κ1) is 18.7.